The molecule has 0 spiro atoms. The van der Waals surface area contributed by atoms with Crippen LogP contribution < -0.4 is 10.6 Å². The number of hydrogen-bond acceptors (Lipinski definition) is 2. The van der Waals surface area contributed by atoms with Crippen LogP contribution in [0.3, 0.4) is 0 Å². The molecular formula is C12H20N2. The standard InChI is InChI=1S/C12H20N2/c1-13-9-5-10-14-11-8-12-6-3-2-4-7-12/h2-4,6-7,13-14H,5,8-11H2,1H3. The Bertz CT molecular complexity index is 221. The van der Waals surface area contributed by atoms with Gasteiger partial charge in [-0.3, -0.25) is 0 Å². The van der Waals surface area contributed by atoms with Gasteiger partial charge in [-0.2, -0.15) is 0 Å². The maximum absolute atomic E-state index is 3.43. The molecule has 1 aromatic carbocycles. The molecule has 0 aliphatic rings. The third-order valence-corrected chi connectivity index (χ3v) is 2.21. The SMILES string of the molecule is CNCCCNCCc1ccccc1. The topological polar surface area (TPSA) is 24.1 Å². The third kappa shape index (κ3) is 5.00. The largest absolute Gasteiger partial charge is 0.320 e. The van der Waals surface area contributed by atoms with E-state index in [0.29, 0.717) is 0 Å². The van der Waals surface area contributed by atoms with Gasteiger partial charge in [-0.05, 0) is 45.1 Å². The quantitative estimate of drug-likeness (QED) is 0.639. The summed E-state index contributed by atoms with van der Waals surface area (Å²) < 4.78 is 0. The molecule has 0 aliphatic carbocycles. The first-order chi connectivity index (χ1) is 6.93. The van der Waals surface area contributed by atoms with Crippen molar-refractivity contribution in [2.75, 3.05) is 26.7 Å². The van der Waals surface area contributed by atoms with Crippen molar-refractivity contribution in [3.05, 3.63) is 35.9 Å². The molecule has 0 saturated carbocycles. The van der Waals surface area contributed by atoms with Crippen LogP contribution in [0.2, 0.25) is 0 Å². The molecule has 0 fully saturated rings. The van der Waals surface area contributed by atoms with E-state index in [1.165, 1.54) is 12.0 Å². The first kappa shape index (κ1) is 11.2. The lowest BCUT2D eigenvalue weighted by Crippen LogP contribution is -2.21. The molecule has 1 aromatic rings. The van der Waals surface area contributed by atoms with Crippen LogP contribution in [0.15, 0.2) is 30.3 Å². The van der Waals surface area contributed by atoms with Gasteiger partial charge in [0.25, 0.3) is 0 Å². The van der Waals surface area contributed by atoms with Crippen LogP contribution in [0.25, 0.3) is 0 Å². The van der Waals surface area contributed by atoms with Crippen molar-refractivity contribution in [1.29, 1.82) is 0 Å². The predicted octanol–water partition coefficient (Wildman–Crippen LogP) is 1.43. The Morgan fingerprint density at radius 1 is 1.00 bits per heavy atom. The Labute approximate surface area is 86.7 Å². The van der Waals surface area contributed by atoms with Crippen LogP contribution in [-0.4, -0.2) is 26.7 Å². The van der Waals surface area contributed by atoms with Crippen molar-refractivity contribution in [2.24, 2.45) is 0 Å². The molecule has 0 saturated heterocycles. The summed E-state index contributed by atoms with van der Waals surface area (Å²) in [6, 6.07) is 10.6. The molecule has 0 heterocycles. The second kappa shape index (κ2) is 7.54. The summed E-state index contributed by atoms with van der Waals surface area (Å²) in [5.74, 6) is 0. The van der Waals surface area contributed by atoms with Crippen LogP contribution >= 0.6 is 0 Å². The molecule has 0 unspecified atom stereocenters. The average Bonchev–Trinajstić information content (AvgIpc) is 2.25. The Morgan fingerprint density at radius 3 is 2.50 bits per heavy atom. The van der Waals surface area contributed by atoms with Crippen molar-refractivity contribution in [1.82, 2.24) is 10.6 Å². The lowest BCUT2D eigenvalue weighted by atomic mass is 10.1. The molecule has 0 radical (unpaired) electrons. The van der Waals surface area contributed by atoms with Crippen LogP contribution in [0.4, 0.5) is 0 Å². The average molecular weight is 192 g/mol. The zero-order valence-corrected chi connectivity index (χ0v) is 8.92. The van der Waals surface area contributed by atoms with E-state index in [4.69, 9.17) is 0 Å². The van der Waals surface area contributed by atoms with E-state index in [1.807, 2.05) is 7.05 Å². The van der Waals surface area contributed by atoms with Crippen molar-refractivity contribution < 1.29 is 0 Å². The Morgan fingerprint density at radius 2 is 1.79 bits per heavy atom. The van der Waals surface area contributed by atoms with Gasteiger partial charge in [0.2, 0.25) is 0 Å². The first-order valence-electron chi connectivity index (χ1n) is 5.32. The molecule has 0 bridgehead atoms. The molecule has 0 aliphatic heterocycles. The second-order valence-electron chi connectivity index (χ2n) is 3.44. The van der Waals surface area contributed by atoms with E-state index in [9.17, 15) is 0 Å². The zero-order valence-electron chi connectivity index (χ0n) is 8.92. The first-order valence-corrected chi connectivity index (χ1v) is 5.32. The van der Waals surface area contributed by atoms with Crippen LogP contribution in [0.5, 0.6) is 0 Å². The van der Waals surface area contributed by atoms with Gasteiger partial charge in [-0.15, -0.1) is 0 Å². The molecule has 0 atom stereocenters. The van der Waals surface area contributed by atoms with Crippen LogP contribution in [0, 0.1) is 0 Å². The van der Waals surface area contributed by atoms with Gasteiger partial charge in [0, 0.05) is 0 Å². The third-order valence-electron chi connectivity index (χ3n) is 2.21. The van der Waals surface area contributed by atoms with E-state index in [-0.39, 0.29) is 0 Å². The Hall–Kier alpha value is -0.860. The molecule has 78 valence electrons. The van der Waals surface area contributed by atoms with Crippen molar-refractivity contribution in [3.63, 3.8) is 0 Å². The molecular weight excluding hydrogens is 172 g/mol. The summed E-state index contributed by atoms with van der Waals surface area (Å²) in [5, 5.41) is 6.56. The summed E-state index contributed by atoms with van der Waals surface area (Å²) in [5.41, 5.74) is 1.41. The molecule has 0 aromatic heterocycles. The minimum atomic E-state index is 1.08. The van der Waals surface area contributed by atoms with Gasteiger partial charge in [0.05, 0.1) is 0 Å². The van der Waals surface area contributed by atoms with Crippen LogP contribution in [0.1, 0.15) is 12.0 Å². The molecule has 0 amide bonds. The van der Waals surface area contributed by atoms with E-state index in [2.05, 4.69) is 41.0 Å². The molecule has 2 heteroatoms. The fraction of sp³-hybridized carbons (Fsp3) is 0.500. The number of benzene rings is 1. The maximum atomic E-state index is 3.43. The van der Waals surface area contributed by atoms with Gasteiger partial charge in [-0.1, -0.05) is 30.3 Å². The smallest absolute Gasteiger partial charge is 0.000834 e. The minimum Gasteiger partial charge on any atom is -0.320 e. The highest BCUT2D eigenvalue weighted by molar-refractivity contribution is 5.14. The van der Waals surface area contributed by atoms with Crippen LogP contribution in [-0.2, 0) is 6.42 Å². The van der Waals surface area contributed by atoms with Gasteiger partial charge in [-0.25, -0.2) is 0 Å². The van der Waals surface area contributed by atoms with Gasteiger partial charge in [0.1, 0.15) is 0 Å². The lowest BCUT2D eigenvalue weighted by Gasteiger charge is -2.04. The normalized spacial score (nSPS) is 10.4. The van der Waals surface area contributed by atoms with Crippen molar-refractivity contribution in [2.45, 2.75) is 12.8 Å². The number of hydrogen-bond donors (Lipinski definition) is 2. The second-order valence-corrected chi connectivity index (χ2v) is 3.44. The fourth-order valence-electron chi connectivity index (χ4n) is 1.39. The summed E-state index contributed by atoms with van der Waals surface area (Å²) in [7, 11) is 1.99. The monoisotopic (exact) mass is 192 g/mol. The lowest BCUT2D eigenvalue weighted by molar-refractivity contribution is 0.625. The fourth-order valence-corrected chi connectivity index (χ4v) is 1.39. The molecule has 2 nitrogen and oxygen atoms in total. The number of nitrogens with one attached hydrogen (secondary N) is 2. The maximum Gasteiger partial charge on any atom is -0.000834 e. The Kier molecular flexibility index (Phi) is 6.04. The van der Waals surface area contributed by atoms with Gasteiger partial charge < -0.3 is 10.6 Å². The summed E-state index contributed by atoms with van der Waals surface area (Å²) in [6.45, 7) is 3.28. The minimum absolute atomic E-state index is 1.08. The molecule has 1 rings (SSSR count). The molecule has 14 heavy (non-hydrogen) atoms. The van der Waals surface area contributed by atoms with E-state index in [1.54, 1.807) is 0 Å². The van der Waals surface area contributed by atoms with E-state index < -0.39 is 0 Å². The van der Waals surface area contributed by atoms with E-state index >= 15 is 0 Å². The summed E-state index contributed by atoms with van der Waals surface area (Å²) in [6.07, 6.45) is 2.33. The summed E-state index contributed by atoms with van der Waals surface area (Å²) >= 11 is 0. The highest BCUT2D eigenvalue weighted by Gasteiger charge is 1.90. The summed E-state index contributed by atoms with van der Waals surface area (Å²) in [4.78, 5) is 0. The van der Waals surface area contributed by atoms with E-state index in [0.717, 1.165) is 26.1 Å². The number of rotatable bonds is 7. The highest BCUT2D eigenvalue weighted by atomic mass is 14.9. The molecule has 2 N–H and O–H groups in total. The predicted molar refractivity (Wildman–Crippen MR) is 61.6 cm³/mol. The van der Waals surface area contributed by atoms with Crippen molar-refractivity contribution in [3.8, 4) is 0 Å². The Balaban J connectivity index is 1.99. The highest BCUT2D eigenvalue weighted by Crippen LogP contribution is 1.97. The zero-order chi connectivity index (χ0) is 10.1. The van der Waals surface area contributed by atoms with Gasteiger partial charge in [0.15, 0.2) is 0 Å². The van der Waals surface area contributed by atoms with Crippen molar-refractivity contribution >= 4 is 0 Å². The van der Waals surface area contributed by atoms with Gasteiger partial charge >= 0.3 is 0 Å².